The first-order valence-corrected chi connectivity index (χ1v) is 10.3. The highest BCUT2D eigenvalue weighted by Crippen LogP contribution is 2.24. The molecule has 0 fully saturated rings. The van der Waals surface area contributed by atoms with Crippen LogP contribution < -0.4 is 16.4 Å². The third kappa shape index (κ3) is 6.08. The van der Waals surface area contributed by atoms with Crippen LogP contribution in [-0.2, 0) is 5.41 Å². The average Bonchev–Trinajstić information content (AvgIpc) is 2.78. The summed E-state index contributed by atoms with van der Waals surface area (Å²) >= 11 is 0. The van der Waals surface area contributed by atoms with Crippen LogP contribution in [0.3, 0.4) is 0 Å². The lowest BCUT2D eigenvalue weighted by Crippen LogP contribution is -2.28. The molecule has 162 valence electrons. The summed E-state index contributed by atoms with van der Waals surface area (Å²) in [6.45, 7) is 5.87. The van der Waals surface area contributed by atoms with E-state index < -0.39 is 0 Å². The zero-order valence-corrected chi connectivity index (χ0v) is 17.9. The van der Waals surface area contributed by atoms with Gasteiger partial charge in [-0.3, -0.25) is 4.79 Å². The van der Waals surface area contributed by atoms with Crippen molar-refractivity contribution in [3.05, 3.63) is 77.6 Å². The van der Waals surface area contributed by atoms with E-state index >= 15 is 0 Å². The topological polar surface area (TPSA) is 92.9 Å². The Morgan fingerprint density at radius 3 is 2.52 bits per heavy atom. The normalized spacial score (nSPS) is 11.2. The minimum Gasteiger partial charge on any atom is -0.368 e. The Morgan fingerprint density at radius 2 is 1.84 bits per heavy atom. The van der Waals surface area contributed by atoms with Crippen molar-refractivity contribution in [1.82, 2.24) is 15.5 Å². The number of rotatable bonds is 9. The number of nitrogens with two attached hydrogens (primary N) is 1. The molecular formula is C24H28FN5O. The summed E-state index contributed by atoms with van der Waals surface area (Å²) in [6.07, 6.45) is 0.739. The van der Waals surface area contributed by atoms with Crippen molar-refractivity contribution in [3.63, 3.8) is 0 Å². The Morgan fingerprint density at radius 1 is 1.06 bits per heavy atom. The number of anilines is 1. The van der Waals surface area contributed by atoms with Gasteiger partial charge in [0.15, 0.2) is 0 Å². The predicted molar refractivity (Wildman–Crippen MR) is 121 cm³/mol. The molecule has 0 saturated carbocycles. The number of hydrogen-bond donors (Lipinski definition) is 3. The smallest absolute Gasteiger partial charge is 0.251 e. The van der Waals surface area contributed by atoms with Gasteiger partial charge in [-0.2, -0.15) is 0 Å². The highest BCUT2D eigenvalue weighted by atomic mass is 19.1. The Kier molecular flexibility index (Phi) is 7.31. The average molecular weight is 422 g/mol. The maximum absolute atomic E-state index is 13.2. The number of hydrogen-bond acceptors (Lipinski definition) is 5. The summed E-state index contributed by atoms with van der Waals surface area (Å²) in [5.74, 6) is 0.269. The summed E-state index contributed by atoms with van der Waals surface area (Å²) in [4.78, 5) is 12.3. The number of halogens is 1. The van der Waals surface area contributed by atoms with Gasteiger partial charge >= 0.3 is 0 Å². The summed E-state index contributed by atoms with van der Waals surface area (Å²) in [6, 6.07) is 17.5. The monoisotopic (exact) mass is 421 g/mol. The number of carbonyl (C=O) groups is 1. The van der Waals surface area contributed by atoms with Gasteiger partial charge < -0.3 is 16.4 Å². The summed E-state index contributed by atoms with van der Waals surface area (Å²) in [5, 5.41) is 14.7. The van der Waals surface area contributed by atoms with Crippen molar-refractivity contribution in [3.8, 4) is 11.3 Å². The largest absolute Gasteiger partial charge is 0.368 e. The van der Waals surface area contributed by atoms with E-state index in [-0.39, 0.29) is 17.1 Å². The number of benzene rings is 2. The molecule has 0 aliphatic heterocycles. The Bertz CT molecular complexity index is 1000. The first kappa shape index (κ1) is 22.4. The molecule has 3 rings (SSSR count). The van der Waals surface area contributed by atoms with Crippen LogP contribution in [0.4, 0.5) is 10.2 Å². The third-order valence-corrected chi connectivity index (χ3v) is 5.09. The van der Waals surface area contributed by atoms with E-state index in [1.54, 1.807) is 24.3 Å². The summed E-state index contributed by atoms with van der Waals surface area (Å²) < 4.78 is 13.2. The summed E-state index contributed by atoms with van der Waals surface area (Å²) in [7, 11) is 0. The third-order valence-electron chi connectivity index (χ3n) is 5.09. The van der Waals surface area contributed by atoms with E-state index in [4.69, 9.17) is 5.73 Å². The van der Waals surface area contributed by atoms with Crippen LogP contribution in [0, 0.1) is 5.82 Å². The van der Waals surface area contributed by atoms with Gasteiger partial charge in [0, 0.05) is 29.6 Å². The molecule has 0 bridgehead atoms. The molecule has 0 aliphatic rings. The van der Waals surface area contributed by atoms with Crippen molar-refractivity contribution >= 4 is 11.7 Å². The van der Waals surface area contributed by atoms with Crippen molar-refractivity contribution < 1.29 is 9.18 Å². The van der Waals surface area contributed by atoms with Crippen molar-refractivity contribution in [1.29, 1.82) is 0 Å². The van der Waals surface area contributed by atoms with Gasteiger partial charge in [-0.1, -0.05) is 38.1 Å². The first-order chi connectivity index (χ1) is 14.9. The molecule has 0 saturated heterocycles. The van der Waals surface area contributed by atoms with E-state index in [0.29, 0.717) is 36.7 Å². The second-order valence-corrected chi connectivity index (χ2v) is 8.03. The van der Waals surface area contributed by atoms with Crippen molar-refractivity contribution in [2.24, 2.45) is 5.73 Å². The summed E-state index contributed by atoms with van der Waals surface area (Å²) in [5.41, 5.74) is 8.35. The standard InChI is InChI=1S/C24H28FN5O/c1-24(2,19-7-9-20(25)10-8-19)16-28-22-12-11-21(29-30-22)17-5-3-6-18(15-17)23(31)27-14-4-13-26/h3,5-12,15H,4,13-14,16,26H2,1-2H3,(H,27,31)(H,28,30). The van der Waals surface area contributed by atoms with E-state index in [2.05, 4.69) is 34.7 Å². The molecule has 0 aliphatic carbocycles. The van der Waals surface area contributed by atoms with E-state index in [1.165, 1.54) is 12.1 Å². The number of carbonyl (C=O) groups excluding carboxylic acids is 1. The zero-order valence-electron chi connectivity index (χ0n) is 17.9. The van der Waals surface area contributed by atoms with E-state index in [9.17, 15) is 9.18 Å². The fraction of sp³-hybridized carbons (Fsp3) is 0.292. The van der Waals surface area contributed by atoms with Crippen LogP contribution in [0.25, 0.3) is 11.3 Å². The van der Waals surface area contributed by atoms with Crippen LogP contribution in [0.2, 0.25) is 0 Å². The molecule has 0 radical (unpaired) electrons. The van der Waals surface area contributed by atoms with Crippen LogP contribution in [-0.4, -0.2) is 35.7 Å². The van der Waals surface area contributed by atoms with Crippen molar-refractivity contribution in [2.45, 2.75) is 25.7 Å². The van der Waals surface area contributed by atoms with Gasteiger partial charge in [0.25, 0.3) is 5.91 Å². The van der Waals surface area contributed by atoms with Crippen LogP contribution in [0.1, 0.15) is 36.2 Å². The maximum atomic E-state index is 13.2. The lowest BCUT2D eigenvalue weighted by Gasteiger charge is -2.25. The van der Waals surface area contributed by atoms with Crippen LogP contribution >= 0.6 is 0 Å². The molecule has 0 unspecified atom stereocenters. The fourth-order valence-corrected chi connectivity index (χ4v) is 3.12. The SMILES string of the molecule is CC(C)(CNc1ccc(-c2cccc(C(=O)NCCCN)c2)nn1)c1ccc(F)cc1. The van der Waals surface area contributed by atoms with E-state index in [1.807, 2.05) is 24.3 Å². The molecule has 1 heterocycles. The highest BCUT2D eigenvalue weighted by molar-refractivity contribution is 5.95. The molecular weight excluding hydrogens is 393 g/mol. The van der Waals surface area contributed by atoms with Gasteiger partial charge in [-0.15, -0.1) is 10.2 Å². The maximum Gasteiger partial charge on any atom is 0.251 e. The molecule has 0 atom stereocenters. The van der Waals surface area contributed by atoms with Gasteiger partial charge in [0.05, 0.1) is 5.69 Å². The number of nitrogens with one attached hydrogen (secondary N) is 2. The molecule has 0 spiro atoms. The molecule has 6 nitrogen and oxygen atoms in total. The second-order valence-electron chi connectivity index (χ2n) is 8.03. The van der Waals surface area contributed by atoms with Gasteiger partial charge in [0.1, 0.15) is 11.6 Å². The minimum absolute atomic E-state index is 0.135. The zero-order chi connectivity index (χ0) is 22.3. The van der Waals surface area contributed by atoms with Crippen LogP contribution in [0.15, 0.2) is 60.7 Å². The Balaban J connectivity index is 1.64. The minimum atomic E-state index is -0.244. The molecule has 1 amide bonds. The quantitative estimate of drug-likeness (QED) is 0.458. The lowest BCUT2D eigenvalue weighted by molar-refractivity contribution is 0.0953. The molecule has 4 N–H and O–H groups in total. The molecule has 3 aromatic rings. The second kappa shape index (κ2) is 10.1. The predicted octanol–water partition coefficient (Wildman–Crippen LogP) is 3.75. The molecule has 31 heavy (non-hydrogen) atoms. The molecule has 7 heteroatoms. The van der Waals surface area contributed by atoms with Gasteiger partial charge in [-0.25, -0.2) is 4.39 Å². The lowest BCUT2D eigenvalue weighted by atomic mass is 9.84. The number of aromatic nitrogens is 2. The van der Waals surface area contributed by atoms with Gasteiger partial charge in [0.2, 0.25) is 0 Å². The fourth-order valence-electron chi connectivity index (χ4n) is 3.12. The number of amides is 1. The number of nitrogens with zero attached hydrogens (tertiary/aromatic N) is 2. The highest BCUT2D eigenvalue weighted by Gasteiger charge is 2.20. The van der Waals surface area contributed by atoms with Gasteiger partial charge in [-0.05, 0) is 54.9 Å². The molecule has 2 aromatic carbocycles. The molecule has 1 aromatic heterocycles. The van der Waals surface area contributed by atoms with Crippen LogP contribution in [0.5, 0.6) is 0 Å². The van der Waals surface area contributed by atoms with E-state index in [0.717, 1.165) is 17.5 Å². The van der Waals surface area contributed by atoms with Crippen molar-refractivity contribution in [2.75, 3.05) is 25.0 Å². The first-order valence-electron chi connectivity index (χ1n) is 10.3. The Hall–Kier alpha value is -3.32. The Labute approximate surface area is 182 Å².